The maximum atomic E-state index is 5.54. The van der Waals surface area contributed by atoms with Crippen LogP contribution in [0.1, 0.15) is 13.8 Å². The summed E-state index contributed by atoms with van der Waals surface area (Å²) in [5.41, 5.74) is 5.48. The largest absolute Gasteiger partial charge is 0.355 e. The summed E-state index contributed by atoms with van der Waals surface area (Å²) in [6, 6.07) is 0. The van der Waals surface area contributed by atoms with E-state index < -0.39 is 0 Å². The van der Waals surface area contributed by atoms with Gasteiger partial charge in [0.1, 0.15) is 0 Å². The van der Waals surface area contributed by atoms with Crippen molar-refractivity contribution in [2.24, 2.45) is 5.73 Å². The molecule has 3 N–H and O–H groups in total. The minimum Gasteiger partial charge on any atom is -0.355 e. The molecule has 62 valence electrons. The highest BCUT2D eigenvalue weighted by Crippen LogP contribution is 2.15. The Kier molecular flexibility index (Phi) is 2.46. The van der Waals surface area contributed by atoms with Crippen molar-refractivity contribution in [2.45, 2.75) is 19.4 Å². The van der Waals surface area contributed by atoms with Gasteiger partial charge < -0.3 is 11.1 Å². The van der Waals surface area contributed by atoms with Crippen LogP contribution in [-0.4, -0.2) is 17.1 Å². The Morgan fingerprint density at radius 2 is 2.45 bits per heavy atom. The molecule has 1 aromatic heterocycles. The third-order valence-electron chi connectivity index (χ3n) is 1.39. The highest BCUT2D eigenvalue weighted by atomic mass is 32.1. The van der Waals surface area contributed by atoms with Gasteiger partial charge in [-0.3, -0.25) is 0 Å². The number of nitrogens with zero attached hydrogens (tertiary/aromatic N) is 1. The van der Waals surface area contributed by atoms with Crippen LogP contribution in [-0.2, 0) is 0 Å². The second kappa shape index (κ2) is 3.19. The van der Waals surface area contributed by atoms with Gasteiger partial charge in [-0.1, -0.05) is 0 Å². The molecule has 0 spiro atoms. The number of nitrogens with one attached hydrogen (secondary N) is 1. The Morgan fingerprint density at radius 1 is 1.73 bits per heavy atom. The summed E-state index contributed by atoms with van der Waals surface area (Å²) in [4.78, 5) is 4.10. The second-order valence-electron chi connectivity index (χ2n) is 3.05. The van der Waals surface area contributed by atoms with Gasteiger partial charge in [0.25, 0.3) is 0 Å². The molecular weight excluding hydrogens is 158 g/mol. The minimum atomic E-state index is -0.0577. The van der Waals surface area contributed by atoms with Crippen LogP contribution in [0.5, 0.6) is 0 Å². The molecule has 1 aromatic rings. The lowest BCUT2D eigenvalue weighted by Gasteiger charge is -2.23. The molecule has 0 aromatic carbocycles. The van der Waals surface area contributed by atoms with Crippen molar-refractivity contribution < 1.29 is 0 Å². The number of thiazole rings is 1. The molecule has 11 heavy (non-hydrogen) atoms. The molecule has 0 radical (unpaired) electrons. The fourth-order valence-corrected chi connectivity index (χ4v) is 1.33. The van der Waals surface area contributed by atoms with Gasteiger partial charge in [-0.15, -0.1) is 11.3 Å². The number of rotatable bonds is 3. The summed E-state index contributed by atoms with van der Waals surface area (Å²) >= 11 is 1.59. The van der Waals surface area contributed by atoms with Crippen LogP contribution in [0.25, 0.3) is 0 Å². The van der Waals surface area contributed by atoms with Gasteiger partial charge in [-0.25, -0.2) is 4.98 Å². The van der Waals surface area contributed by atoms with E-state index in [2.05, 4.69) is 24.1 Å². The van der Waals surface area contributed by atoms with Crippen molar-refractivity contribution in [3.05, 3.63) is 11.6 Å². The Morgan fingerprint density at radius 3 is 2.91 bits per heavy atom. The van der Waals surface area contributed by atoms with Crippen LogP contribution in [0.15, 0.2) is 11.6 Å². The zero-order valence-electron chi connectivity index (χ0n) is 6.79. The van der Waals surface area contributed by atoms with Crippen molar-refractivity contribution in [3.8, 4) is 0 Å². The van der Waals surface area contributed by atoms with Crippen molar-refractivity contribution in [1.82, 2.24) is 4.98 Å². The predicted molar refractivity (Wildman–Crippen MR) is 48.9 cm³/mol. The molecule has 0 bridgehead atoms. The third kappa shape index (κ3) is 2.48. The molecule has 0 amide bonds. The number of nitrogens with two attached hydrogens (primary N) is 1. The lowest BCUT2D eigenvalue weighted by molar-refractivity contribution is 0.579. The van der Waals surface area contributed by atoms with Crippen molar-refractivity contribution in [2.75, 3.05) is 11.9 Å². The summed E-state index contributed by atoms with van der Waals surface area (Å²) in [5, 5.41) is 6.10. The summed E-state index contributed by atoms with van der Waals surface area (Å²) in [7, 11) is 0. The normalized spacial score (nSPS) is 11.5. The Balaban J connectivity index is 2.56. The van der Waals surface area contributed by atoms with E-state index in [0.717, 1.165) is 5.13 Å². The highest BCUT2D eigenvalue weighted by molar-refractivity contribution is 7.13. The molecular formula is C7H13N3S. The van der Waals surface area contributed by atoms with Crippen molar-refractivity contribution in [3.63, 3.8) is 0 Å². The van der Waals surface area contributed by atoms with Crippen LogP contribution in [0.3, 0.4) is 0 Å². The smallest absolute Gasteiger partial charge is 0.183 e. The molecule has 3 nitrogen and oxygen atoms in total. The van der Waals surface area contributed by atoms with E-state index in [1.54, 1.807) is 17.5 Å². The molecule has 1 rings (SSSR count). The van der Waals surface area contributed by atoms with Gasteiger partial charge in [-0.05, 0) is 13.8 Å². The number of hydrogen-bond donors (Lipinski definition) is 2. The average Bonchev–Trinajstić information content (AvgIpc) is 2.39. The maximum Gasteiger partial charge on any atom is 0.183 e. The molecule has 0 atom stereocenters. The lowest BCUT2D eigenvalue weighted by Crippen LogP contribution is -2.39. The Bertz CT molecular complexity index is 205. The van der Waals surface area contributed by atoms with Crippen LogP contribution in [0.4, 0.5) is 5.13 Å². The van der Waals surface area contributed by atoms with Crippen LogP contribution in [0, 0.1) is 0 Å². The molecule has 1 heterocycles. The van der Waals surface area contributed by atoms with E-state index in [1.165, 1.54) is 0 Å². The molecule has 0 saturated heterocycles. The molecule has 0 aliphatic heterocycles. The number of anilines is 1. The van der Waals surface area contributed by atoms with E-state index in [1.807, 2.05) is 5.38 Å². The van der Waals surface area contributed by atoms with E-state index in [9.17, 15) is 0 Å². The average molecular weight is 171 g/mol. The second-order valence-corrected chi connectivity index (χ2v) is 3.94. The van der Waals surface area contributed by atoms with Crippen molar-refractivity contribution in [1.29, 1.82) is 0 Å². The maximum absolute atomic E-state index is 5.54. The van der Waals surface area contributed by atoms with E-state index in [4.69, 9.17) is 5.73 Å². The van der Waals surface area contributed by atoms with Gasteiger partial charge >= 0.3 is 0 Å². The zero-order chi connectivity index (χ0) is 8.32. The molecule has 0 unspecified atom stereocenters. The first kappa shape index (κ1) is 8.49. The summed E-state index contributed by atoms with van der Waals surface area (Å²) in [5.74, 6) is 0. The monoisotopic (exact) mass is 171 g/mol. The van der Waals surface area contributed by atoms with E-state index in [0.29, 0.717) is 6.54 Å². The summed E-state index contributed by atoms with van der Waals surface area (Å²) < 4.78 is 0. The van der Waals surface area contributed by atoms with Gasteiger partial charge in [0, 0.05) is 23.7 Å². The SMILES string of the molecule is CC(C)(CN)Nc1nccs1. The van der Waals surface area contributed by atoms with Crippen LogP contribution < -0.4 is 11.1 Å². The molecule has 0 saturated carbocycles. The predicted octanol–water partition coefficient (Wildman–Crippen LogP) is 1.29. The van der Waals surface area contributed by atoms with Crippen molar-refractivity contribution >= 4 is 16.5 Å². The Hall–Kier alpha value is -0.610. The van der Waals surface area contributed by atoms with Gasteiger partial charge in [-0.2, -0.15) is 0 Å². The minimum absolute atomic E-state index is 0.0577. The van der Waals surface area contributed by atoms with Gasteiger partial charge in [0.05, 0.1) is 0 Å². The topological polar surface area (TPSA) is 50.9 Å². The van der Waals surface area contributed by atoms with Gasteiger partial charge in [0.2, 0.25) is 0 Å². The zero-order valence-corrected chi connectivity index (χ0v) is 7.61. The Labute approximate surface area is 70.6 Å². The third-order valence-corrected chi connectivity index (χ3v) is 2.08. The first-order valence-electron chi connectivity index (χ1n) is 3.52. The molecule has 0 fully saturated rings. The van der Waals surface area contributed by atoms with E-state index in [-0.39, 0.29) is 5.54 Å². The van der Waals surface area contributed by atoms with Crippen LogP contribution >= 0.6 is 11.3 Å². The highest BCUT2D eigenvalue weighted by Gasteiger charge is 2.15. The fraction of sp³-hybridized carbons (Fsp3) is 0.571. The number of aromatic nitrogens is 1. The quantitative estimate of drug-likeness (QED) is 0.720. The standard InChI is InChI=1S/C7H13N3S/c1-7(2,5-8)10-6-9-3-4-11-6/h3-4H,5,8H2,1-2H3,(H,9,10). The first-order chi connectivity index (χ1) is 5.14. The lowest BCUT2D eigenvalue weighted by atomic mass is 10.1. The van der Waals surface area contributed by atoms with Crippen LogP contribution in [0.2, 0.25) is 0 Å². The number of hydrogen-bond acceptors (Lipinski definition) is 4. The van der Waals surface area contributed by atoms with Gasteiger partial charge in [0.15, 0.2) is 5.13 Å². The fourth-order valence-electron chi connectivity index (χ4n) is 0.626. The summed E-state index contributed by atoms with van der Waals surface area (Å²) in [6.45, 7) is 4.70. The first-order valence-corrected chi connectivity index (χ1v) is 4.40. The summed E-state index contributed by atoms with van der Waals surface area (Å²) in [6.07, 6.45) is 1.78. The molecule has 0 aliphatic rings. The molecule has 0 aliphatic carbocycles. The molecule has 4 heteroatoms. The van der Waals surface area contributed by atoms with E-state index >= 15 is 0 Å².